The monoisotopic (exact) mass is 350 g/mol. The highest BCUT2D eigenvalue weighted by Gasteiger charge is 2.30. The van der Waals surface area contributed by atoms with Gasteiger partial charge in [-0.05, 0) is 26.2 Å². The Bertz CT molecular complexity index is 862. The highest BCUT2D eigenvalue weighted by atomic mass is 32.2. The Balaban J connectivity index is 1.64. The topological polar surface area (TPSA) is 101 Å². The molecule has 24 heavy (non-hydrogen) atoms. The van der Waals surface area contributed by atoms with Gasteiger partial charge in [0, 0.05) is 24.9 Å². The summed E-state index contributed by atoms with van der Waals surface area (Å²) in [4.78, 5) is 4.39. The lowest BCUT2D eigenvalue weighted by molar-refractivity contribution is 0.360. The molecule has 0 saturated heterocycles. The molecular formula is C15H22N6O2S. The first-order valence-electron chi connectivity index (χ1n) is 8.54. The number of hydrogen-bond donors (Lipinski definition) is 2. The fourth-order valence-corrected chi connectivity index (χ4v) is 4.67. The van der Waals surface area contributed by atoms with E-state index in [-0.39, 0.29) is 17.7 Å². The molecule has 1 aliphatic heterocycles. The molecule has 2 N–H and O–H groups in total. The van der Waals surface area contributed by atoms with E-state index in [0.717, 1.165) is 61.6 Å². The van der Waals surface area contributed by atoms with Crippen molar-refractivity contribution in [2.24, 2.45) is 0 Å². The van der Waals surface area contributed by atoms with Crippen molar-refractivity contribution in [3.05, 3.63) is 17.7 Å². The van der Waals surface area contributed by atoms with E-state index in [1.165, 1.54) is 0 Å². The van der Waals surface area contributed by atoms with Crippen LogP contribution in [0.4, 0.5) is 5.82 Å². The van der Waals surface area contributed by atoms with Crippen LogP contribution >= 0.6 is 0 Å². The maximum absolute atomic E-state index is 11.9. The van der Waals surface area contributed by atoms with Crippen molar-refractivity contribution in [3.63, 3.8) is 0 Å². The number of nitrogens with one attached hydrogen (secondary N) is 2. The van der Waals surface area contributed by atoms with Crippen molar-refractivity contribution < 1.29 is 8.42 Å². The van der Waals surface area contributed by atoms with E-state index in [1.807, 2.05) is 0 Å². The Labute approximate surface area is 141 Å². The first kappa shape index (κ1) is 15.8. The molecule has 2 aliphatic rings. The molecule has 0 unspecified atom stereocenters. The summed E-state index contributed by atoms with van der Waals surface area (Å²) in [5.41, 5.74) is 1.90. The molecule has 0 bridgehead atoms. The molecule has 0 aromatic carbocycles. The zero-order valence-electron chi connectivity index (χ0n) is 13.7. The summed E-state index contributed by atoms with van der Waals surface area (Å²) < 4.78 is 28.7. The second-order valence-corrected chi connectivity index (χ2v) is 8.61. The van der Waals surface area contributed by atoms with Crippen molar-refractivity contribution in [1.82, 2.24) is 24.3 Å². The normalized spacial score (nSPS) is 24.0. The lowest BCUT2D eigenvalue weighted by atomic mass is 9.85. The van der Waals surface area contributed by atoms with Crippen LogP contribution in [0.25, 0.3) is 5.65 Å². The molecule has 8 nitrogen and oxygen atoms in total. The van der Waals surface area contributed by atoms with Crippen LogP contribution in [-0.4, -0.2) is 46.3 Å². The average molecular weight is 350 g/mol. The summed E-state index contributed by atoms with van der Waals surface area (Å²) in [6, 6.07) is -0.0194. The molecule has 1 fully saturated rings. The Kier molecular flexibility index (Phi) is 3.92. The van der Waals surface area contributed by atoms with Crippen LogP contribution in [-0.2, 0) is 16.4 Å². The van der Waals surface area contributed by atoms with E-state index in [2.05, 4.69) is 29.6 Å². The molecule has 3 heterocycles. The molecule has 1 saturated carbocycles. The minimum Gasteiger partial charge on any atom is -0.368 e. The van der Waals surface area contributed by atoms with Crippen LogP contribution < -0.4 is 10.0 Å². The second-order valence-electron chi connectivity index (χ2n) is 6.56. The van der Waals surface area contributed by atoms with E-state index < -0.39 is 10.0 Å². The van der Waals surface area contributed by atoms with Crippen LogP contribution in [0.5, 0.6) is 0 Å². The van der Waals surface area contributed by atoms with Crippen LogP contribution in [0.2, 0.25) is 0 Å². The third kappa shape index (κ3) is 2.75. The van der Waals surface area contributed by atoms with E-state index in [1.54, 1.807) is 13.1 Å². The highest BCUT2D eigenvalue weighted by molar-refractivity contribution is 7.89. The van der Waals surface area contributed by atoms with Gasteiger partial charge in [0.2, 0.25) is 10.0 Å². The van der Waals surface area contributed by atoms with E-state index in [9.17, 15) is 8.42 Å². The molecule has 1 aliphatic carbocycles. The summed E-state index contributed by atoms with van der Waals surface area (Å²) in [6.07, 6.45) is 6.30. The molecule has 2 aromatic rings. The molecule has 2 atom stereocenters. The summed E-state index contributed by atoms with van der Waals surface area (Å²) in [5.74, 6) is 2.17. The van der Waals surface area contributed by atoms with Gasteiger partial charge < -0.3 is 5.32 Å². The van der Waals surface area contributed by atoms with Crippen LogP contribution in [0.1, 0.15) is 50.0 Å². The third-order valence-corrected chi connectivity index (χ3v) is 6.44. The quantitative estimate of drug-likeness (QED) is 0.855. The fourth-order valence-electron chi connectivity index (χ4n) is 3.78. The van der Waals surface area contributed by atoms with Crippen LogP contribution in [0.3, 0.4) is 0 Å². The maximum Gasteiger partial charge on any atom is 0.211 e. The van der Waals surface area contributed by atoms with E-state index >= 15 is 0 Å². The summed E-state index contributed by atoms with van der Waals surface area (Å²) in [6.45, 7) is 2.54. The lowest BCUT2D eigenvalue weighted by Crippen LogP contribution is -2.39. The van der Waals surface area contributed by atoms with Gasteiger partial charge in [0.1, 0.15) is 11.6 Å². The van der Waals surface area contributed by atoms with Gasteiger partial charge in [-0.15, -0.1) is 10.2 Å². The molecule has 2 aromatic heterocycles. The van der Waals surface area contributed by atoms with Crippen molar-refractivity contribution in [2.75, 3.05) is 17.6 Å². The number of nitrogens with zero attached hydrogens (tertiary/aromatic N) is 4. The van der Waals surface area contributed by atoms with Gasteiger partial charge in [0.25, 0.3) is 0 Å². The number of rotatable bonds is 4. The van der Waals surface area contributed by atoms with Crippen molar-refractivity contribution in [1.29, 1.82) is 0 Å². The Hall–Kier alpha value is -1.74. The second kappa shape index (κ2) is 5.96. The van der Waals surface area contributed by atoms with Gasteiger partial charge in [-0.1, -0.05) is 6.42 Å². The van der Waals surface area contributed by atoms with Gasteiger partial charge in [-0.3, -0.25) is 4.40 Å². The molecule has 0 radical (unpaired) electrons. The minimum atomic E-state index is -3.18. The Morgan fingerprint density at radius 2 is 2.25 bits per heavy atom. The van der Waals surface area contributed by atoms with E-state index in [0.29, 0.717) is 0 Å². The van der Waals surface area contributed by atoms with Gasteiger partial charge >= 0.3 is 0 Å². The van der Waals surface area contributed by atoms with Crippen molar-refractivity contribution in [2.45, 2.75) is 51.0 Å². The average Bonchev–Trinajstić information content (AvgIpc) is 3.20. The minimum absolute atomic E-state index is 0.0194. The highest BCUT2D eigenvalue weighted by Crippen LogP contribution is 2.34. The van der Waals surface area contributed by atoms with Crippen LogP contribution in [0.15, 0.2) is 6.20 Å². The Morgan fingerprint density at radius 1 is 1.38 bits per heavy atom. The number of sulfonamides is 1. The van der Waals surface area contributed by atoms with Crippen molar-refractivity contribution >= 4 is 21.5 Å². The zero-order chi connectivity index (χ0) is 16.7. The number of fused-ring (bicyclic) bond motifs is 3. The molecule has 0 amide bonds. The van der Waals surface area contributed by atoms with Gasteiger partial charge in [-0.2, -0.15) is 0 Å². The predicted molar refractivity (Wildman–Crippen MR) is 90.6 cm³/mol. The number of aromatic nitrogens is 4. The molecule has 130 valence electrons. The molecule has 9 heteroatoms. The number of hydrogen-bond acceptors (Lipinski definition) is 6. The number of anilines is 1. The zero-order valence-corrected chi connectivity index (χ0v) is 14.5. The summed E-state index contributed by atoms with van der Waals surface area (Å²) >= 11 is 0. The van der Waals surface area contributed by atoms with Crippen molar-refractivity contribution in [3.8, 4) is 0 Å². The van der Waals surface area contributed by atoms with E-state index in [4.69, 9.17) is 0 Å². The first-order chi connectivity index (χ1) is 11.6. The summed E-state index contributed by atoms with van der Waals surface area (Å²) in [7, 11) is -3.18. The van der Waals surface area contributed by atoms with Crippen LogP contribution in [0, 0.1) is 0 Å². The van der Waals surface area contributed by atoms with Gasteiger partial charge in [0.15, 0.2) is 5.65 Å². The standard InChI is InChI=1S/C15H22N6O2S/c1-2-24(22,23)20-11-5-3-4-10(8-11)15-19-18-13-9-17-14-12(21(13)15)6-7-16-14/h9-11,16,20H,2-8H2,1H3/t10-,11+/m1/s1. The van der Waals surface area contributed by atoms with Gasteiger partial charge in [0.05, 0.1) is 17.6 Å². The maximum atomic E-state index is 11.9. The fraction of sp³-hybridized carbons (Fsp3) is 0.667. The first-order valence-corrected chi connectivity index (χ1v) is 10.2. The molecular weight excluding hydrogens is 328 g/mol. The third-order valence-electron chi connectivity index (χ3n) is 4.99. The molecule has 4 rings (SSSR count). The lowest BCUT2D eigenvalue weighted by Gasteiger charge is -2.28. The SMILES string of the molecule is CCS(=O)(=O)N[C@H]1CCC[C@@H](c2nnc3cnc4c(n23)CCN4)C1. The predicted octanol–water partition coefficient (Wildman–Crippen LogP) is 1.06. The largest absolute Gasteiger partial charge is 0.368 e. The summed E-state index contributed by atoms with van der Waals surface area (Å²) in [5, 5.41) is 12.0. The Morgan fingerprint density at radius 3 is 3.08 bits per heavy atom. The van der Waals surface area contributed by atoms with Gasteiger partial charge in [-0.25, -0.2) is 18.1 Å². The molecule has 0 spiro atoms. The smallest absolute Gasteiger partial charge is 0.211 e.